The minimum Gasteiger partial charge on any atom is -0.481 e. The summed E-state index contributed by atoms with van der Waals surface area (Å²) in [7, 11) is 0. The molecule has 0 radical (unpaired) electrons. The topological polar surface area (TPSA) is 78.4 Å². The molecule has 1 atom stereocenters. The molecule has 0 aromatic heterocycles. The summed E-state index contributed by atoms with van der Waals surface area (Å²) in [5.74, 6) is -0.899. The molecule has 0 aliphatic heterocycles. The van der Waals surface area contributed by atoms with E-state index in [-0.39, 0.29) is 12.6 Å². The number of nitrogens with one attached hydrogen (secondary N) is 2. The van der Waals surface area contributed by atoms with Crippen molar-refractivity contribution in [2.24, 2.45) is 5.41 Å². The van der Waals surface area contributed by atoms with Crippen molar-refractivity contribution in [1.82, 2.24) is 10.6 Å². The SMILES string of the molecule is CCC(C)(CNC(=O)NCCc1ccccc1)C(=O)O. The Kier molecular flexibility index (Phi) is 6.03. The van der Waals surface area contributed by atoms with Crippen molar-refractivity contribution < 1.29 is 14.7 Å². The van der Waals surface area contributed by atoms with Gasteiger partial charge in [-0.2, -0.15) is 0 Å². The zero-order valence-corrected chi connectivity index (χ0v) is 12.0. The van der Waals surface area contributed by atoms with Crippen molar-refractivity contribution in [3.05, 3.63) is 35.9 Å². The molecule has 1 rings (SSSR count). The zero-order chi connectivity index (χ0) is 15.0. The minimum absolute atomic E-state index is 0.121. The van der Waals surface area contributed by atoms with Gasteiger partial charge in [-0.3, -0.25) is 4.79 Å². The largest absolute Gasteiger partial charge is 0.481 e. The second-order valence-corrected chi connectivity index (χ2v) is 5.06. The molecule has 0 spiro atoms. The van der Waals surface area contributed by atoms with Crippen LogP contribution >= 0.6 is 0 Å². The number of hydrogen-bond donors (Lipinski definition) is 3. The first-order chi connectivity index (χ1) is 9.48. The maximum absolute atomic E-state index is 11.6. The monoisotopic (exact) mass is 278 g/mol. The quantitative estimate of drug-likeness (QED) is 0.714. The van der Waals surface area contributed by atoms with Gasteiger partial charge in [0.05, 0.1) is 5.41 Å². The zero-order valence-electron chi connectivity index (χ0n) is 12.0. The molecule has 0 saturated heterocycles. The van der Waals surface area contributed by atoms with Gasteiger partial charge in [0.2, 0.25) is 0 Å². The van der Waals surface area contributed by atoms with Crippen LogP contribution in [0.25, 0.3) is 0 Å². The number of rotatable bonds is 7. The first-order valence-electron chi connectivity index (χ1n) is 6.77. The predicted molar refractivity (Wildman–Crippen MR) is 77.6 cm³/mol. The van der Waals surface area contributed by atoms with Crippen LogP contribution in [0.3, 0.4) is 0 Å². The Morgan fingerprint density at radius 2 is 1.85 bits per heavy atom. The number of carboxylic acid groups (broad SMARTS) is 1. The summed E-state index contributed by atoms with van der Waals surface area (Å²) < 4.78 is 0. The summed E-state index contributed by atoms with van der Waals surface area (Å²) in [5, 5.41) is 14.4. The predicted octanol–water partition coefficient (Wildman–Crippen LogP) is 2.03. The standard InChI is InChI=1S/C15H22N2O3/c1-3-15(2,13(18)19)11-17-14(20)16-10-9-12-7-5-4-6-8-12/h4-8H,3,9-11H2,1-2H3,(H,18,19)(H2,16,17,20). The molecule has 0 aliphatic rings. The first kappa shape index (κ1) is 16.0. The van der Waals surface area contributed by atoms with Crippen LogP contribution in [0.4, 0.5) is 4.79 Å². The molecule has 3 N–H and O–H groups in total. The van der Waals surface area contributed by atoms with Crippen molar-refractivity contribution in [3.63, 3.8) is 0 Å². The van der Waals surface area contributed by atoms with Crippen LogP contribution in [-0.2, 0) is 11.2 Å². The van der Waals surface area contributed by atoms with E-state index in [1.807, 2.05) is 30.3 Å². The van der Waals surface area contributed by atoms with Crippen molar-refractivity contribution >= 4 is 12.0 Å². The van der Waals surface area contributed by atoms with Crippen LogP contribution in [0, 0.1) is 5.41 Å². The summed E-state index contributed by atoms with van der Waals surface area (Å²) in [6.07, 6.45) is 1.21. The number of carbonyl (C=O) groups excluding carboxylic acids is 1. The molecule has 1 aromatic carbocycles. The molecule has 0 bridgehead atoms. The van der Waals surface area contributed by atoms with Gasteiger partial charge in [-0.05, 0) is 25.3 Å². The Bertz CT molecular complexity index is 448. The Balaban J connectivity index is 2.29. The molecular weight excluding hydrogens is 256 g/mol. The normalized spacial score (nSPS) is 13.3. The van der Waals surface area contributed by atoms with Crippen molar-refractivity contribution in [2.45, 2.75) is 26.7 Å². The first-order valence-corrected chi connectivity index (χ1v) is 6.77. The number of hydrogen-bond acceptors (Lipinski definition) is 2. The fourth-order valence-corrected chi connectivity index (χ4v) is 1.65. The van der Waals surface area contributed by atoms with Gasteiger partial charge in [0.1, 0.15) is 0 Å². The fraction of sp³-hybridized carbons (Fsp3) is 0.467. The molecule has 2 amide bonds. The van der Waals surface area contributed by atoms with Crippen LogP contribution < -0.4 is 10.6 Å². The summed E-state index contributed by atoms with van der Waals surface area (Å²) in [6, 6.07) is 9.52. The van der Waals surface area contributed by atoms with E-state index in [4.69, 9.17) is 5.11 Å². The van der Waals surface area contributed by atoms with Crippen LogP contribution in [-0.4, -0.2) is 30.2 Å². The van der Waals surface area contributed by atoms with E-state index >= 15 is 0 Å². The highest BCUT2D eigenvalue weighted by Gasteiger charge is 2.31. The maximum Gasteiger partial charge on any atom is 0.314 e. The molecule has 110 valence electrons. The van der Waals surface area contributed by atoms with E-state index < -0.39 is 11.4 Å². The van der Waals surface area contributed by atoms with E-state index in [1.54, 1.807) is 13.8 Å². The molecule has 1 aromatic rings. The van der Waals surface area contributed by atoms with Gasteiger partial charge in [0.15, 0.2) is 0 Å². The molecule has 5 heteroatoms. The van der Waals surface area contributed by atoms with Gasteiger partial charge in [0.25, 0.3) is 0 Å². The summed E-state index contributed by atoms with van der Waals surface area (Å²) in [6.45, 7) is 4.06. The third-order valence-electron chi connectivity index (χ3n) is 3.48. The van der Waals surface area contributed by atoms with Gasteiger partial charge >= 0.3 is 12.0 Å². The van der Waals surface area contributed by atoms with Crippen LogP contribution in [0.15, 0.2) is 30.3 Å². The average Bonchev–Trinajstić information content (AvgIpc) is 2.45. The number of carboxylic acids is 1. The fourth-order valence-electron chi connectivity index (χ4n) is 1.65. The summed E-state index contributed by atoms with van der Waals surface area (Å²) in [5.41, 5.74) is 0.230. The number of amides is 2. The van der Waals surface area contributed by atoms with Crippen molar-refractivity contribution in [3.8, 4) is 0 Å². The Hall–Kier alpha value is -2.04. The summed E-state index contributed by atoms with van der Waals surface area (Å²) >= 11 is 0. The van der Waals surface area contributed by atoms with Gasteiger partial charge < -0.3 is 15.7 Å². The highest BCUT2D eigenvalue weighted by atomic mass is 16.4. The second kappa shape index (κ2) is 7.53. The average molecular weight is 278 g/mol. The summed E-state index contributed by atoms with van der Waals surface area (Å²) in [4.78, 5) is 22.7. The number of aliphatic carboxylic acids is 1. The smallest absolute Gasteiger partial charge is 0.314 e. The third kappa shape index (κ3) is 4.91. The van der Waals surface area contributed by atoms with Crippen molar-refractivity contribution in [1.29, 1.82) is 0 Å². The van der Waals surface area contributed by atoms with E-state index in [0.29, 0.717) is 13.0 Å². The lowest BCUT2D eigenvalue weighted by Crippen LogP contribution is -2.45. The third-order valence-corrected chi connectivity index (χ3v) is 3.48. The molecule has 0 heterocycles. The molecule has 5 nitrogen and oxygen atoms in total. The van der Waals surface area contributed by atoms with Gasteiger partial charge in [-0.15, -0.1) is 0 Å². The number of urea groups is 1. The molecule has 1 unspecified atom stereocenters. The minimum atomic E-state index is -0.920. The second-order valence-electron chi connectivity index (χ2n) is 5.06. The highest BCUT2D eigenvalue weighted by molar-refractivity contribution is 5.77. The molecule has 20 heavy (non-hydrogen) atoms. The lowest BCUT2D eigenvalue weighted by atomic mass is 9.88. The van der Waals surface area contributed by atoms with Crippen LogP contribution in [0.1, 0.15) is 25.8 Å². The Morgan fingerprint density at radius 3 is 2.40 bits per heavy atom. The number of carbonyl (C=O) groups is 2. The number of benzene rings is 1. The van der Waals surface area contributed by atoms with Gasteiger partial charge in [-0.1, -0.05) is 37.3 Å². The molecule has 0 aliphatic carbocycles. The van der Waals surface area contributed by atoms with E-state index in [0.717, 1.165) is 12.0 Å². The van der Waals surface area contributed by atoms with Crippen molar-refractivity contribution in [2.75, 3.05) is 13.1 Å². The van der Waals surface area contributed by atoms with E-state index in [9.17, 15) is 9.59 Å². The molecular formula is C15H22N2O3. The van der Waals surface area contributed by atoms with Gasteiger partial charge in [-0.25, -0.2) is 4.79 Å². The maximum atomic E-state index is 11.6. The Morgan fingerprint density at radius 1 is 1.20 bits per heavy atom. The van der Waals surface area contributed by atoms with Crippen LogP contribution in [0.5, 0.6) is 0 Å². The van der Waals surface area contributed by atoms with E-state index in [1.165, 1.54) is 0 Å². The van der Waals surface area contributed by atoms with Gasteiger partial charge in [0, 0.05) is 13.1 Å². The van der Waals surface area contributed by atoms with Crippen LogP contribution in [0.2, 0.25) is 0 Å². The highest BCUT2D eigenvalue weighted by Crippen LogP contribution is 2.19. The lowest BCUT2D eigenvalue weighted by Gasteiger charge is -2.23. The molecule has 0 fully saturated rings. The van der Waals surface area contributed by atoms with E-state index in [2.05, 4.69) is 10.6 Å². The lowest BCUT2D eigenvalue weighted by molar-refractivity contribution is -0.147. The molecule has 0 saturated carbocycles. The Labute approximate surface area is 119 Å².